The SMILES string of the molecule is CNCc1cc(OCc2ccccc2F)n(CC2CCC(F)CC2)n1. The second-order valence-corrected chi connectivity index (χ2v) is 6.68. The first kappa shape index (κ1) is 17.9. The molecule has 0 radical (unpaired) electrons. The van der Waals surface area contributed by atoms with Crippen LogP contribution in [0.2, 0.25) is 0 Å². The Morgan fingerprint density at radius 2 is 2.00 bits per heavy atom. The summed E-state index contributed by atoms with van der Waals surface area (Å²) in [5.74, 6) is 0.770. The minimum atomic E-state index is -0.662. The molecule has 1 aliphatic rings. The van der Waals surface area contributed by atoms with Crippen LogP contribution in [-0.4, -0.2) is 23.0 Å². The van der Waals surface area contributed by atoms with Crippen molar-refractivity contribution < 1.29 is 13.5 Å². The minimum Gasteiger partial charge on any atom is -0.473 e. The van der Waals surface area contributed by atoms with Crippen molar-refractivity contribution in [2.75, 3.05) is 7.05 Å². The van der Waals surface area contributed by atoms with Crippen molar-refractivity contribution >= 4 is 0 Å². The molecule has 1 aromatic heterocycles. The fourth-order valence-corrected chi connectivity index (χ4v) is 3.28. The fraction of sp³-hybridized carbons (Fsp3) is 0.526. The van der Waals surface area contributed by atoms with Gasteiger partial charge in [-0.05, 0) is 44.7 Å². The lowest BCUT2D eigenvalue weighted by atomic mass is 9.88. The van der Waals surface area contributed by atoms with Crippen molar-refractivity contribution in [1.82, 2.24) is 15.1 Å². The number of ether oxygens (including phenoxy) is 1. The largest absolute Gasteiger partial charge is 0.473 e. The highest BCUT2D eigenvalue weighted by molar-refractivity contribution is 5.20. The predicted octanol–water partition coefficient (Wildman–Crippen LogP) is 3.85. The van der Waals surface area contributed by atoms with E-state index in [-0.39, 0.29) is 12.4 Å². The Hall–Kier alpha value is -1.95. The highest BCUT2D eigenvalue weighted by Gasteiger charge is 2.22. The van der Waals surface area contributed by atoms with E-state index in [2.05, 4.69) is 10.4 Å². The van der Waals surface area contributed by atoms with Crippen LogP contribution in [0.1, 0.15) is 36.9 Å². The third-order valence-corrected chi connectivity index (χ3v) is 4.69. The normalized spacial score (nSPS) is 20.6. The number of alkyl halides is 1. The Labute approximate surface area is 147 Å². The number of hydrogen-bond donors (Lipinski definition) is 1. The van der Waals surface area contributed by atoms with Crippen molar-refractivity contribution in [2.24, 2.45) is 5.92 Å². The van der Waals surface area contributed by atoms with Crippen LogP contribution in [0.25, 0.3) is 0 Å². The quantitative estimate of drug-likeness (QED) is 0.825. The van der Waals surface area contributed by atoms with Crippen molar-refractivity contribution in [3.8, 4) is 5.88 Å². The number of benzene rings is 1. The van der Waals surface area contributed by atoms with Gasteiger partial charge >= 0.3 is 0 Å². The lowest BCUT2D eigenvalue weighted by Gasteiger charge is -2.24. The molecule has 1 N–H and O–H groups in total. The smallest absolute Gasteiger partial charge is 0.212 e. The van der Waals surface area contributed by atoms with Crippen LogP contribution in [0.15, 0.2) is 30.3 Å². The van der Waals surface area contributed by atoms with E-state index in [0.29, 0.717) is 43.3 Å². The minimum absolute atomic E-state index is 0.161. The Bertz CT molecular complexity index is 681. The zero-order valence-corrected chi connectivity index (χ0v) is 14.5. The summed E-state index contributed by atoms with van der Waals surface area (Å²) in [5, 5.41) is 7.67. The molecule has 2 aromatic rings. The van der Waals surface area contributed by atoms with E-state index in [9.17, 15) is 8.78 Å². The molecular weight excluding hydrogens is 324 g/mol. The highest BCUT2D eigenvalue weighted by Crippen LogP contribution is 2.29. The zero-order chi connectivity index (χ0) is 17.6. The monoisotopic (exact) mass is 349 g/mol. The van der Waals surface area contributed by atoms with Gasteiger partial charge in [0.05, 0.1) is 5.69 Å². The molecule has 25 heavy (non-hydrogen) atoms. The molecule has 1 aromatic carbocycles. The first-order chi connectivity index (χ1) is 12.2. The maximum atomic E-state index is 13.8. The first-order valence-electron chi connectivity index (χ1n) is 8.87. The van der Waals surface area contributed by atoms with Crippen molar-refractivity contribution in [2.45, 2.75) is 51.6 Å². The summed E-state index contributed by atoms with van der Waals surface area (Å²) >= 11 is 0. The van der Waals surface area contributed by atoms with Gasteiger partial charge in [-0.3, -0.25) is 0 Å². The predicted molar refractivity (Wildman–Crippen MR) is 92.6 cm³/mol. The fourth-order valence-electron chi connectivity index (χ4n) is 3.28. The maximum absolute atomic E-state index is 13.8. The highest BCUT2D eigenvalue weighted by atomic mass is 19.1. The number of hydrogen-bond acceptors (Lipinski definition) is 3. The van der Waals surface area contributed by atoms with E-state index in [1.54, 1.807) is 18.2 Å². The summed E-state index contributed by atoms with van der Waals surface area (Å²) in [6.07, 6.45) is 2.33. The molecule has 3 rings (SSSR count). The average Bonchev–Trinajstić information content (AvgIpc) is 2.98. The second-order valence-electron chi connectivity index (χ2n) is 6.68. The number of aromatic nitrogens is 2. The van der Waals surface area contributed by atoms with Crippen LogP contribution in [0.3, 0.4) is 0 Å². The summed E-state index contributed by atoms with van der Waals surface area (Å²) in [4.78, 5) is 0. The van der Waals surface area contributed by atoms with Gasteiger partial charge < -0.3 is 10.1 Å². The van der Waals surface area contributed by atoms with Crippen LogP contribution in [0, 0.1) is 11.7 Å². The summed E-state index contributed by atoms with van der Waals surface area (Å²) in [7, 11) is 1.86. The third kappa shape index (κ3) is 4.78. The summed E-state index contributed by atoms with van der Waals surface area (Å²) in [5.41, 5.74) is 1.40. The van der Waals surface area contributed by atoms with E-state index in [4.69, 9.17) is 4.74 Å². The van der Waals surface area contributed by atoms with Crippen LogP contribution < -0.4 is 10.1 Å². The Balaban J connectivity index is 1.69. The van der Waals surface area contributed by atoms with Gasteiger partial charge in [-0.2, -0.15) is 5.10 Å². The Kier molecular flexibility index (Phi) is 6.02. The van der Waals surface area contributed by atoms with Crippen molar-refractivity contribution in [1.29, 1.82) is 0 Å². The van der Waals surface area contributed by atoms with Gasteiger partial charge in [-0.15, -0.1) is 0 Å². The van der Waals surface area contributed by atoms with Gasteiger partial charge in [-0.25, -0.2) is 13.5 Å². The van der Waals surface area contributed by atoms with Crippen molar-refractivity contribution in [3.63, 3.8) is 0 Å². The summed E-state index contributed by atoms with van der Waals surface area (Å²) < 4.78 is 34.8. The number of nitrogens with zero attached hydrogens (tertiary/aromatic N) is 2. The third-order valence-electron chi connectivity index (χ3n) is 4.69. The van der Waals surface area contributed by atoms with Gasteiger partial charge in [0, 0.05) is 24.7 Å². The lowest BCUT2D eigenvalue weighted by Crippen LogP contribution is -2.21. The van der Waals surface area contributed by atoms with Gasteiger partial charge in [0.2, 0.25) is 5.88 Å². The number of halogens is 2. The summed E-state index contributed by atoms with van der Waals surface area (Å²) in [6, 6.07) is 8.49. The van der Waals surface area contributed by atoms with E-state index in [1.165, 1.54) is 6.07 Å². The summed E-state index contributed by atoms with van der Waals surface area (Å²) in [6.45, 7) is 1.51. The molecule has 1 aliphatic carbocycles. The molecule has 0 saturated heterocycles. The van der Waals surface area contributed by atoms with Gasteiger partial charge in [-0.1, -0.05) is 18.2 Å². The van der Waals surface area contributed by atoms with E-state index < -0.39 is 6.17 Å². The average molecular weight is 349 g/mol. The molecule has 1 heterocycles. The maximum Gasteiger partial charge on any atom is 0.212 e. The topological polar surface area (TPSA) is 39.1 Å². The van der Waals surface area contributed by atoms with E-state index in [1.807, 2.05) is 17.8 Å². The van der Waals surface area contributed by atoms with Gasteiger partial charge in [0.1, 0.15) is 18.6 Å². The van der Waals surface area contributed by atoms with Crippen molar-refractivity contribution in [3.05, 3.63) is 47.4 Å². The molecule has 0 aliphatic heterocycles. The lowest BCUT2D eigenvalue weighted by molar-refractivity contribution is 0.184. The number of rotatable bonds is 7. The van der Waals surface area contributed by atoms with Gasteiger partial charge in [0.15, 0.2) is 0 Å². The molecule has 4 nitrogen and oxygen atoms in total. The van der Waals surface area contributed by atoms with Crippen LogP contribution in [-0.2, 0) is 19.7 Å². The molecule has 6 heteroatoms. The molecule has 1 fully saturated rings. The first-order valence-corrected chi connectivity index (χ1v) is 8.87. The Morgan fingerprint density at radius 1 is 1.24 bits per heavy atom. The standard InChI is InChI=1S/C19H25F2N3O/c1-22-11-17-10-19(25-13-15-4-2-3-5-18(15)21)24(23-17)12-14-6-8-16(20)9-7-14/h2-5,10,14,16,22H,6-9,11-13H2,1H3. The van der Waals surface area contributed by atoms with E-state index in [0.717, 1.165) is 18.5 Å². The molecule has 1 saturated carbocycles. The molecular formula is C19H25F2N3O. The molecule has 0 atom stereocenters. The molecule has 0 spiro atoms. The molecule has 0 bridgehead atoms. The van der Waals surface area contributed by atoms with Crippen LogP contribution in [0.4, 0.5) is 8.78 Å². The van der Waals surface area contributed by atoms with Crippen LogP contribution in [0.5, 0.6) is 5.88 Å². The second kappa shape index (κ2) is 8.43. The molecule has 0 unspecified atom stereocenters. The Morgan fingerprint density at radius 3 is 2.72 bits per heavy atom. The molecule has 136 valence electrons. The zero-order valence-electron chi connectivity index (χ0n) is 14.5. The molecule has 0 amide bonds. The number of nitrogens with one attached hydrogen (secondary N) is 1. The van der Waals surface area contributed by atoms with Gasteiger partial charge in [0.25, 0.3) is 0 Å². The van der Waals surface area contributed by atoms with E-state index >= 15 is 0 Å². The van der Waals surface area contributed by atoms with Crippen LogP contribution >= 0.6 is 0 Å².